The van der Waals surface area contributed by atoms with Gasteiger partial charge >= 0.3 is 11.9 Å². The highest BCUT2D eigenvalue weighted by atomic mass is 16.5. The molecule has 268 valence electrons. The highest BCUT2D eigenvalue weighted by Gasteiger charge is 2.33. The molecule has 3 N–H and O–H groups in total. The predicted molar refractivity (Wildman–Crippen MR) is 188 cm³/mol. The van der Waals surface area contributed by atoms with Gasteiger partial charge in [0.25, 0.3) is 0 Å². The standard InChI is InChI=1S/C37H40N2O6.C2H2O4/c1-38-14-12-24-19-32(42-4)34-20-27(24)29(38)16-22-6-9-25(10-7-22)44-33-18-23(8-11-31(33)41-3)17-30-28-21-35(43-5)36(40)37(45-34)26(28)13-15-39(30)2;3-1(4)2(5)6/h6-11,18-21,29-30,40H,12-17H2,1-5H3;(H,3,4)(H,5,6)/t29-,30-;/m1./s1. The van der Waals surface area contributed by atoms with E-state index in [1.165, 1.54) is 16.7 Å². The van der Waals surface area contributed by atoms with E-state index in [0.717, 1.165) is 54.8 Å². The minimum absolute atomic E-state index is 0.00104. The third-order valence-corrected chi connectivity index (χ3v) is 9.87. The van der Waals surface area contributed by atoms with Crippen LogP contribution in [0.2, 0.25) is 0 Å². The molecule has 10 bridgehead atoms. The Morgan fingerprint density at radius 2 is 1.27 bits per heavy atom. The second-order valence-corrected chi connectivity index (χ2v) is 12.9. The fraction of sp³-hybridized carbons (Fsp3) is 0.333. The number of phenols is 1. The number of carboxylic acid groups (broad SMARTS) is 2. The van der Waals surface area contributed by atoms with Gasteiger partial charge in [0, 0.05) is 30.7 Å². The molecule has 0 saturated carbocycles. The number of methoxy groups -OCH3 is 3. The molecular formula is C39H42N2O10. The fourth-order valence-corrected chi connectivity index (χ4v) is 7.10. The van der Waals surface area contributed by atoms with Crippen LogP contribution in [-0.2, 0) is 35.3 Å². The Labute approximate surface area is 296 Å². The Morgan fingerprint density at radius 1 is 0.686 bits per heavy atom. The molecule has 2 atom stereocenters. The van der Waals surface area contributed by atoms with Crippen LogP contribution in [0.4, 0.5) is 0 Å². The van der Waals surface area contributed by atoms with Gasteiger partial charge in [0.05, 0.1) is 21.3 Å². The molecule has 4 aromatic carbocycles. The van der Waals surface area contributed by atoms with E-state index in [9.17, 15) is 5.11 Å². The van der Waals surface area contributed by atoms with Crippen LogP contribution in [0.1, 0.15) is 45.5 Å². The zero-order valence-corrected chi connectivity index (χ0v) is 29.3. The lowest BCUT2D eigenvalue weighted by atomic mass is 9.87. The molecule has 0 aliphatic carbocycles. The molecule has 51 heavy (non-hydrogen) atoms. The monoisotopic (exact) mass is 698 g/mol. The SMILES string of the molecule is COc1ccc2cc1Oc1ccc(cc1)C[C@@H]1c3cc(c(OC)cc3CCN1C)Oc1c(O)c(OC)cc3c1CCN(C)[C@@H]3C2.O=C(O)C(=O)O. The molecule has 4 aliphatic heterocycles. The third kappa shape index (κ3) is 7.24. The van der Waals surface area contributed by atoms with E-state index in [1.807, 2.05) is 24.3 Å². The number of phenolic OH excluding ortho intramolecular Hbond substituents is 1. The van der Waals surface area contributed by atoms with Crippen LogP contribution in [0, 0.1) is 0 Å². The number of fused-ring (bicyclic) bond motifs is 2. The summed E-state index contributed by atoms with van der Waals surface area (Å²) < 4.78 is 30.4. The summed E-state index contributed by atoms with van der Waals surface area (Å²) in [5, 5.41) is 26.3. The van der Waals surface area contributed by atoms with Crippen molar-refractivity contribution in [1.29, 1.82) is 0 Å². The van der Waals surface area contributed by atoms with E-state index in [-0.39, 0.29) is 17.8 Å². The first kappa shape index (κ1) is 35.4. The number of aliphatic carboxylic acids is 2. The van der Waals surface area contributed by atoms with Crippen LogP contribution in [0.25, 0.3) is 0 Å². The van der Waals surface area contributed by atoms with Crippen molar-refractivity contribution in [2.24, 2.45) is 0 Å². The second-order valence-electron chi connectivity index (χ2n) is 12.9. The van der Waals surface area contributed by atoms with E-state index < -0.39 is 11.9 Å². The zero-order valence-electron chi connectivity index (χ0n) is 29.3. The van der Waals surface area contributed by atoms with Crippen LogP contribution in [-0.4, -0.2) is 85.6 Å². The molecule has 4 aliphatic rings. The summed E-state index contributed by atoms with van der Waals surface area (Å²) in [6.07, 6.45) is 3.17. The maximum atomic E-state index is 11.5. The van der Waals surface area contributed by atoms with Crippen molar-refractivity contribution in [2.75, 3.05) is 48.5 Å². The number of carboxylic acids is 2. The van der Waals surface area contributed by atoms with Gasteiger partial charge in [0.15, 0.2) is 34.5 Å². The van der Waals surface area contributed by atoms with Crippen LogP contribution in [0.15, 0.2) is 60.7 Å². The maximum Gasteiger partial charge on any atom is 0.414 e. The maximum absolute atomic E-state index is 11.5. The molecule has 8 rings (SSSR count). The van der Waals surface area contributed by atoms with Crippen molar-refractivity contribution >= 4 is 11.9 Å². The molecule has 12 heteroatoms. The first-order chi connectivity index (χ1) is 24.5. The predicted octanol–water partition coefficient (Wildman–Crippen LogP) is 6.02. The van der Waals surface area contributed by atoms with Crippen molar-refractivity contribution in [3.8, 4) is 46.0 Å². The van der Waals surface area contributed by atoms with Crippen LogP contribution >= 0.6 is 0 Å². The Morgan fingerprint density at radius 3 is 1.92 bits per heavy atom. The average molecular weight is 699 g/mol. The zero-order chi connectivity index (χ0) is 36.4. The Bertz CT molecular complexity index is 1930. The lowest BCUT2D eigenvalue weighted by Gasteiger charge is -2.37. The van der Waals surface area contributed by atoms with Crippen molar-refractivity contribution in [3.63, 3.8) is 0 Å². The van der Waals surface area contributed by atoms with Gasteiger partial charge in [-0.15, -0.1) is 0 Å². The third-order valence-electron chi connectivity index (χ3n) is 9.87. The smallest absolute Gasteiger partial charge is 0.414 e. The summed E-state index contributed by atoms with van der Waals surface area (Å²) in [6, 6.07) is 20.8. The summed E-state index contributed by atoms with van der Waals surface area (Å²) in [4.78, 5) is 22.9. The quantitative estimate of drug-likeness (QED) is 0.215. The number of carbonyl (C=O) groups is 2. The molecule has 0 fully saturated rings. The Kier molecular flexibility index (Phi) is 10.3. The highest BCUT2D eigenvalue weighted by molar-refractivity contribution is 6.27. The average Bonchev–Trinajstić information content (AvgIpc) is 3.12. The van der Waals surface area contributed by atoms with Gasteiger partial charge in [-0.05, 0) is 110 Å². The second kappa shape index (κ2) is 14.8. The number of aromatic hydroxyl groups is 1. The number of hydrogen-bond donors (Lipinski definition) is 3. The molecule has 0 spiro atoms. The highest BCUT2D eigenvalue weighted by Crippen LogP contribution is 2.50. The molecule has 0 saturated heterocycles. The molecule has 12 nitrogen and oxygen atoms in total. The first-order valence-corrected chi connectivity index (χ1v) is 16.6. The lowest BCUT2D eigenvalue weighted by molar-refractivity contribution is -0.159. The fourth-order valence-electron chi connectivity index (χ4n) is 7.10. The molecule has 0 unspecified atom stereocenters. The lowest BCUT2D eigenvalue weighted by Crippen LogP contribution is -2.34. The van der Waals surface area contributed by atoms with Crippen molar-refractivity contribution < 1.29 is 48.6 Å². The normalized spacial score (nSPS) is 18.0. The van der Waals surface area contributed by atoms with Gasteiger partial charge < -0.3 is 39.0 Å². The molecule has 4 aromatic rings. The summed E-state index contributed by atoms with van der Waals surface area (Å²) in [5.41, 5.74) is 6.80. The molecule has 0 aromatic heterocycles. The van der Waals surface area contributed by atoms with E-state index in [2.05, 4.69) is 60.3 Å². The van der Waals surface area contributed by atoms with Gasteiger partial charge in [-0.3, -0.25) is 9.80 Å². The number of ether oxygens (including phenoxy) is 5. The number of hydrogen-bond acceptors (Lipinski definition) is 10. The number of likely N-dealkylation sites (N-methyl/N-ethyl adjacent to an activating group) is 2. The topological polar surface area (TPSA) is 147 Å². The van der Waals surface area contributed by atoms with Crippen molar-refractivity contribution in [3.05, 3.63) is 94.0 Å². The molecule has 0 radical (unpaired) electrons. The van der Waals surface area contributed by atoms with Crippen molar-refractivity contribution in [1.82, 2.24) is 9.80 Å². The van der Waals surface area contributed by atoms with E-state index in [0.29, 0.717) is 40.9 Å². The van der Waals surface area contributed by atoms with Gasteiger partial charge in [-0.2, -0.15) is 0 Å². The Balaban J connectivity index is 0.000000689. The summed E-state index contributed by atoms with van der Waals surface area (Å²) >= 11 is 0. The summed E-state index contributed by atoms with van der Waals surface area (Å²) in [6.45, 7) is 1.75. The largest absolute Gasteiger partial charge is 0.502 e. The summed E-state index contributed by atoms with van der Waals surface area (Å²) in [7, 11) is 9.21. The van der Waals surface area contributed by atoms with Crippen LogP contribution in [0.3, 0.4) is 0 Å². The van der Waals surface area contributed by atoms with Gasteiger partial charge in [-0.1, -0.05) is 18.2 Å². The Hall–Kier alpha value is -5.46. The molecular weight excluding hydrogens is 656 g/mol. The number of nitrogens with zero attached hydrogens (tertiary/aromatic N) is 2. The van der Waals surface area contributed by atoms with Crippen molar-refractivity contribution in [2.45, 2.75) is 37.8 Å². The molecule has 0 amide bonds. The van der Waals surface area contributed by atoms with Gasteiger partial charge in [-0.25, -0.2) is 9.59 Å². The van der Waals surface area contributed by atoms with E-state index in [4.69, 9.17) is 43.5 Å². The van der Waals surface area contributed by atoms with Crippen LogP contribution in [0.5, 0.6) is 46.0 Å². The number of rotatable bonds is 3. The first-order valence-electron chi connectivity index (χ1n) is 16.6. The van der Waals surface area contributed by atoms with Gasteiger partial charge in [0.1, 0.15) is 5.75 Å². The number of benzene rings is 4. The molecule has 4 heterocycles. The summed E-state index contributed by atoms with van der Waals surface area (Å²) in [5.74, 6) is 0.497. The van der Waals surface area contributed by atoms with E-state index >= 15 is 0 Å². The van der Waals surface area contributed by atoms with Crippen LogP contribution < -0.4 is 23.7 Å². The minimum atomic E-state index is -1.82. The minimum Gasteiger partial charge on any atom is -0.502 e. The van der Waals surface area contributed by atoms with E-state index in [1.54, 1.807) is 21.3 Å². The van der Waals surface area contributed by atoms with Gasteiger partial charge in [0.2, 0.25) is 5.75 Å².